The number of oxazole rings is 1. The van der Waals surface area contributed by atoms with Crippen molar-refractivity contribution in [2.24, 2.45) is 0 Å². The van der Waals surface area contributed by atoms with Crippen molar-refractivity contribution in [2.45, 2.75) is 26.7 Å². The standard InChI is InChI=1S/C25H23ClN2O3/c1-15(2)17-5-8-19(9-6-17)30-14-24(29)27-18-7-10-21(26)20(13-18)25-28-22-11-4-16(3)12-23(22)31-25/h4-13,15H,14H2,1-3H3,(H,27,29). The van der Waals surface area contributed by atoms with E-state index in [1.807, 2.05) is 49.4 Å². The van der Waals surface area contributed by atoms with Gasteiger partial charge in [0.15, 0.2) is 12.2 Å². The average molecular weight is 435 g/mol. The van der Waals surface area contributed by atoms with Crippen molar-refractivity contribution in [3.8, 4) is 17.2 Å². The van der Waals surface area contributed by atoms with E-state index in [0.29, 0.717) is 39.4 Å². The molecular formula is C25H23ClN2O3. The number of benzene rings is 3. The van der Waals surface area contributed by atoms with Crippen LogP contribution in [-0.2, 0) is 4.79 Å². The van der Waals surface area contributed by atoms with Crippen LogP contribution < -0.4 is 10.1 Å². The first kappa shape index (κ1) is 20.9. The molecule has 1 heterocycles. The molecule has 4 aromatic rings. The zero-order chi connectivity index (χ0) is 22.0. The summed E-state index contributed by atoms with van der Waals surface area (Å²) in [5, 5.41) is 3.32. The molecule has 0 aliphatic carbocycles. The highest BCUT2D eigenvalue weighted by Crippen LogP contribution is 2.32. The Hall–Kier alpha value is -3.31. The number of aromatic nitrogens is 1. The number of carbonyl (C=O) groups is 1. The van der Waals surface area contributed by atoms with Crippen LogP contribution >= 0.6 is 11.6 Å². The molecule has 0 aliphatic rings. The molecule has 31 heavy (non-hydrogen) atoms. The third kappa shape index (κ3) is 4.89. The number of anilines is 1. The van der Waals surface area contributed by atoms with Crippen LogP contribution in [0.3, 0.4) is 0 Å². The number of ether oxygens (including phenoxy) is 1. The molecule has 0 radical (unpaired) electrons. The molecule has 0 bridgehead atoms. The van der Waals surface area contributed by atoms with Crippen LogP contribution in [0.1, 0.15) is 30.9 Å². The maximum Gasteiger partial charge on any atom is 0.262 e. The molecule has 0 unspecified atom stereocenters. The quantitative estimate of drug-likeness (QED) is 0.371. The van der Waals surface area contributed by atoms with E-state index in [9.17, 15) is 4.79 Å². The molecule has 1 amide bonds. The van der Waals surface area contributed by atoms with Crippen LogP contribution in [0.15, 0.2) is 65.1 Å². The number of hydrogen-bond acceptors (Lipinski definition) is 4. The van der Waals surface area contributed by atoms with Gasteiger partial charge in [-0.15, -0.1) is 0 Å². The Morgan fingerprint density at radius 1 is 1.10 bits per heavy atom. The van der Waals surface area contributed by atoms with Crippen LogP contribution in [0.4, 0.5) is 5.69 Å². The summed E-state index contributed by atoms with van der Waals surface area (Å²) in [5.41, 5.74) is 4.95. The maximum absolute atomic E-state index is 12.4. The number of fused-ring (bicyclic) bond motifs is 1. The van der Waals surface area contributed by atoms with Crippen LogP contribution in [0, 0.1) is 6.92 Å². The summed E-state index contributed by atoms with van der Waals surface area (Å²) in [6.45, 7) is 6.16. The van der Waals surface area contributed by atoms with Crippen molar-refractivity contribution in [1.29, 1.82) is 0 Å². The zero-order valence-corrected chi connectivity index (χ0v) is 18.4. The lowest BCUT2D eigenvalue weighted by atomic mass is 10.0. The van der Waals surface area contributed by atoms with Gasteiger partial charge in [0.05, 0.1) is 10.6 Å². The van der Waals surface area contributed by atoms with E-state index < -0.39 is 0 Å². The normalized spacial score (nSPS) is 11.1. The summed E-state index contributed by atoms with van der Waals surface area (Å²) in [5.74, 6) is 1.23. The van der Waals surface area contributed by atoms with Crippen molar-refractivity contribution < 1.29 is 13.9 Å². The number of hydrogen-bond donors (Lipinski definition) is 1. The molecule has 0 atom stereocenters. The fourth-order valence-corrected chi connectivity index (χ4v) is 3.41. The van der Waals surface area contributed by atoms with Gasteiger partial charge in [-0.3, -0.25) is 4.79 Å². The molecule has 0 spiro atoms. The minimum absolute atomic E-state index is 0.0961. The smallest absolute Gasteiger partial charge is 0.262 e. The van der Waals surface area contributed by atoms with E-state index >= 15 is 0 Å². The largest absolute Gasteiger partial charge is 0.484 e. The van der Waals surface area contributed by atoms with Crippen LogP contribution in [0.5, 0.6) is 5.75 Å². The first-order valence-electron chi connectivity index (χ1n) is 10.1. The fraction of sp³-hybridized carbons (Fsp3) is 0.200. The Balaban J connectivity index is 1.45. The summed E-state index contributed by atoms with van der Waals surface area (Å²) in [7, 11) is 0. The summed E-state index contributed by atoms with van der Waals surface area (Å²) in [6.07, 6.45) is 0. The monoisotopic (exact) mass is 434 g/mol. The minimum Gasteiger partial charge on any atom is -0.484 e. The molecule has 6 heteroatoms. The van der Waals surface area contributed by atoms with Gasteiger partial charge in [-0.05, 0) is 66.4 Å². The maximum atomic E-state index is 12.4. The lowest BCUT2D eigenvalue weighted by Crippen LogP contribution is -2.20. The van der Waals surface area contributed by atoms with E-state index in [1.54, 1.807) is 18.2 Å². The van der Waals surface area contributed by atoms with E-state index in [2.05, 4.69) is 24.1 Å². The number of rotatable bonds is 6. The number of aryl methyl sites for hydroxylation is 1. The molecule has 1 aromatic heterocycles. The molecule has 158 valence electrons. The third-order valence-electron chi connectivity index (χ3n) is 4.94. The highest BCUT2D eigenvalue weighted by molar-refractivity contribution is 6.33. The summed E-state index contributed by atoms with van der Waals surface area (Å²) < 4.78 is 11.5. The lowest BCUT2D eigenvalue weighted by Gasteiger charge is -2.10. The van der Waals surface area contributed by atoms with Gasteiger partial charge >= 0.3 is 0 Å². The second-order valence-electron chi connectivity index (χ2n) is 7.75. The third-order valence-corrected chi connectivity index (χ3v) is 5.27. The topological polar surface area (TPSA) is 64.4 Å². The van der Waals surface area contributed by atoms with Crippen molar-refractivity contribution >= 4 is 34.3 Å². The van der Waals surface area contributed by atoms with Gasteiger partial charge in [0.1, 0.15) is 11.3 Å². The predicted molar refractivity (Wildman–Crippen MR) is 124 cm³/mol. The van der Waals surface area contributed by atoms with E-state index in [0.717, 1.165) is 11.1 Å². The Bertz CT molecular complexity index is 1230. The molecule has 1 N–H and O–H groups in total. The van der Waals surface area contributed by atoms with E-state index in [1.165, 1.54) is 5.56 Å². The minimum atomic E-state index is -0.269. The van der Waals surface area contributed by atoms with Gasteiger partial charge in [0.25, 0.3) is 5.91 Å². The van der Waals surface area contributed by atoms with E-state index in [-0.39, 0.29) is 12.5 Å². The Labute approximate surface area is 186 Å². The van der Waals surface area contributed by atoms with Crippen molar-refractivity contribution in [3.63, 3.8) is 0 Å². The first-order chi connectivity index (χ1) is 14.9. The van der Waals surface area contributed by atoms with Crippen LogP contribution in [-0.4, -0.2) is 17.5 Å². The molecule has 0 aliphatic heterocycles. The second kappa shape index (κ2) is 8.82. The number of nitrogens with zero attached hydrogens (tertiary/aromatic N) is 1. The number of halogens is 1. The Morgan fingerprint density at radius 3 is 2.61 bits per heavy atom. The van der Waals surface area contributed by atoms with Gasteiger partial charge in [0, 0.05) is 5.69 Å². The summed E-state index contributed by atoms with van der Waals surface area (Å²) >= 11 is 6.36. The second-order valence-corrected chi connectivity index (χ2v) is 8.15. The van der Waals surface area contributed by atoms with Gasteiger partial charge in [0.2, 0.25) is 5.89 Å². The van der Waals surface area contributed by atoms with Crippen LogP contribution in [0.25, 0.3) is 22.6 Å². The Morgan fingerprint density at radius 2 is 1.87 bits per heavy atom. The predicted octanol–water partition coefficient (Wildman–Crippen LogP) is 6.60. The molecule has 4 rings (SSSR count). The summed E-state index contributed by atoms with van der Waals surface area (Å²) in [4.78, 5) is 16.9. The highest BCUT2D eigenvalue weighted by atomic mass is 35.5. The van der Waals surface area contributed by atoms with Crippen LogP contribution in [0.2, 0.25) is 5.02 Å². The van der Waals surface area contributed by atoms with Gasteiger partial charge in [-0.2, -0.15) is 0 Å². The average Bonchev–Trinajstić information content (AvgIpc) is 3.17. The number of amides is 1. The van der Waals surface area contributed by atoms with Crippen molar-refractivity contribution in [1.82, 2.24) is 4.98 Å². The zero-order valence-electron chi connectivity index (χ0n) is 17.6. The van der Waals surface area contributed by atoms with E-state index in [4.69, 9.17) is 20.8 Å². The van der Waals surface area contributed by atoms with Gasteiger partial charge < -0.3 is 14.5 Å². The SMILES string of the molecule is Cc1ccc2nc(-c3cc(NC(=O)COc4ccc(C(C)C)cc4)ccc3Cl)oc2c1. The fourth-order valence-electron chi connectivity index (χ4n) is 3.21. The summed E-state index contributed by atoms with van der Waals surface area (Å²) in [6, 6.07) is 18.7. The molecular weight excluding hydrogens is 412 g/mol. The molecule has 0 saturated heterocycles. The first-order valence-corrected chi connectivity index (χ1v) is 10.5. The molecule has 0 fully saturated rings. The highest BCUT2D eigenvalue weighted by Gasteiger charge is 2.14. The molecule has 5 nitrogen and oxygen atoms in total. The molecule has 3 aromatic carbocycles. The van der Waals surface area contributed by atoms with Gasteiger partial charge in [-0.1, -0.05) is 43.6 Å². The number of nitrogens with one attached hydrogen (secondary N) is 1. The Kier molecular flexibility index (Phi) is 5.96. The lowest BCUT2D eigenvalue weighted by molar-refractivity contribution is -0.118. The van der Waals surface area contributed by atoms with Crippen molar-refractivity contribution in [3.05, 3.63) is 76.8 Å². The molecule has 0 saturated carbocycles. The van der Waals surface area contributed by atoms with Gasteiger partial charge in [-0.25, -0.2) is 4.98 Å². The van der Waals surface area contributed by atoms with Crippen molar-refractivity contribution in [2.75, 3.05) is 11.9 Å². The number of carbonyl (C=O) groups excluding carboxylic acids is 1.